The lowest BCUT2D eigenvalue weighted by Gasteiger charge is -2.21. The molecule has 0 fully saturated rings. The summed E-state index contributed by atoms with van der Waals surface area (Å²) in [6.45, 7) is 4.57. The van der Waals surface area contributed by atoms with Crippen molar-refractivity contribution in [2.24, 2.45) is 0 Å². The molecule has 0 aliphatic carbocycles. The van der Waals surface area contributed by atoms with E-state index in [1.165, 1.54) is 4.68 Å². The highest BCUT2D eigenvalue weighted by atomic mass is 16.3. The Morgan fingerprint density at radius 1 is 1.30 bits per heavy atom. The number of fused-ring (bicyclic) bond motifs is 1. The molecule has 0 saturated heterocycles. The lowest BCUT2D eigenvalue weighted by Crippen LogP contribution is -2.41. The molecule has 23 heavy (non-hydrogen) atoms. The number of aromatic amines is 1. The Labute approximate surface area is 134 Å². The van der Waals surface area contributed by atoms with Crippen LogP contribution in [-0.4, -0.2) is 59.1 Å². The van der Waals surface area contributed by atoms with E-state index >= 15 is 0 Å². The Morgan fingerprint density at radius 2 is 2.00 bits per heavy atom. The molecule has 3 N–H and O–H groups in total. The molecule has 0 aliphatic rings. The summed E-state index contributed by atoms with van der Waals surface area (Å²) in [4.78, 5) is 26.4. The van der Waals surface area contributed by atoms with Crippen LogP contribution in [0.5, 0.6) is 0 Å². The molecule has 0 saturated carbocycles. The zero-order valence-electron chi connectivity index (χ0n) is 13.6. The van der Waals surface area contributed by atoms with Gasteiger partial charge in [-0.05, 0) is 26.1 Å². The number of hydrogen-bond acceptors (Lipinski definition) is 5. The molecule has 1 unspecified atom stereocenters. The van der Waals surface area contributed by atoms with Crippen LogP contribution in [-0.2, 0) is 6.54 Å². The molecule has 2 rings (SSSR count). The maximum absolute atomic E-state index is 12.3. The van der Waals surface area contributed by atoms with Crippen LogP contribution in [0.4, 0.5) is 0 Å². The van der Waals surface area contributed by atoms with Gasteiger partial charge in [-0.15, -0.1) is 0 Å². The summed E-state index contributed by atoms with van der Waals surface area (Å²) in [6.07, 6.45) is 0. The first-order valence-corrected chi connectivity index (χ1v) is 7.77. The van der Waals surface area contributed by atoms with Crippen LogP contribution in [0, 0.1) is 0 Å². The molecule has 7 heteroatoms. The van der Waals surface area contributed by atoms with Crippen molar-refractivity contribution in [2.45, 2.75) is 19.5 Å². The predicted octanol–water partition coefficient (Wildman–Crippen LogP) is -0.408. The maximum Gasteiger partial charge on any atom is 0.273 e. The Hall–Kier alpha value is -1.96. The number of nitrogens with zero attached hydrogens (tertiary/aromatic N) is 2. The van der Waals surface area contributed by atoms with Crippen LogP contribution in [0.3, 0.4) is 0 Å². The summed E-state index contributed by atoms with van der Waals surface area (Å²) < 4.78 is 1.35. The Morgan fingerprint density at radius 3 is 2.70 bits per heavy atom. The highest BCUT2D eigenvalue weighted by Crippen LogP contribution is 2.02. The standard InChI is InChI=1S/C16H24N4O3/c1-12(11-19(2)9-10-21)17-7-8-20-16(23)14-6-4-3-5-13(14)15(22)18-20/h3-6,12,17,21H,7-11H2,1-2H3,(H,18,22). The summed E-state index contributed by atoms with van der Waals surface area (Å²) in [5.74, 6) is 0. The third kappa shape index (κ3) is 4.51. The van der Waals surface area contributed by atoms with E-state index in [1.807, 2.05) is 18.9 Å². The van der Waals surface area contributed by atoms with Gasteiger partial charge in [0.2, 0.25) is 0 Å². The summed E-state index contributed by atoms with van der Waals surface area (Å²) in [7, 11) is 1.94. The summed E-state index contributed by atoms with van der Waals surface area (Å²) in [5.41, 5.74) is -0.442. The molecule has 1 aromatic carbocycles. The summed E-state index contributed by atoms with van der Waals surface area (Å²) in [5, 5.41) is 15.7. The number of rotatable bonds is 8. The molecule has 0 radical (unpaired) electrons. The van der Waals surface area contributed by atoms with Gasteiger partial charge in [0.1, 0.15) is 0 Å². The molecule has 7 nitrogen and oxygen atoms in total. The average Bonchev–Trinajstić information content (AvgIpc) is 2.52. The molecule has 0 bridgehead atoms. The molecule has 1 atom stereocenters. The number of aromatic nitrogens is 2. The van der Waals surface area contributed by atoms with Gasteiger partial charge in [0.15, 0.2) is 0 Å². The number of aliphatic hydroxyl groups excluding tert-OH is 1. The van der Waals surface area contributed by atoms with Gasteiger partial charge in [0.25, 0.3) is 11.1 Å². The highest BCUT2D eigenvalue weighted by molar-refractivity contribution is 5.80. The van der Waals surface area contributed by atoms with E-state index in [0.29, 0.717) is 30.4 Å². The van der Waals surface area contributed by atoms with Gasteiger partial charge in [-0.2, -0.15) is 0 Å². The molecule has 0 amide bonds. The topological polar surface area (TPSA) is 90.4 Å². The first-order valence-electron chi connectivity index (χ1n) is 7.77. The van der Waals surface area contributed by atoms with E-state index in [-0.39, 0.29) is 23.8 Å². The van der Waals surface area contributed by atoms with Gasteiger partial charge in [-0.1, -0.05) is 12.1 Å². The van der Waals surface area contributed by atoms with Crippen LogP contribution in [0.25, 0.3) is 10.8 Å². The molecular weight excluding hydrogens is 296 g/mol. The first-order chi connectivity index (χ1) is 11.0. The van der Waals surface area contributed by atoms with Crippen molar-refractivity contribution in [3.05, 3.63) is 45.0 Å². The fraction of sp³-hybridized carbons (Fsp3) is 0.500. The Balaban J connectivity index is 1.99. The normalized spacial score (nSPS) is 12.9. The predicted molar refractivity (Wildman–Crippen MR) is 90.9 cm³/mol. The lowest BCUT2D eigenvalue weighted by molar-refractivity contribution is 0.210. The average molecular weight is 320 g/mol. The Bertz CT molecular complexity index is 753. The first kappa shape index (κ1) is 17.4. The van der Waals surface area contributed by atoms with E-state index in [9.17, 15) is 9.59 Å². The summed E-state index contributed by atoms with van der Waals surface area (Å²) in [6, 6.07) is 7.04. The van der Waals surface area contributed by atoms with Crippen LogP contribution in [0.15, 0.2) is 33.9 Å². The van der Waals surface area contributed by atoms with Crippen LogP contribution in [0.2, 0.25) is 0 Å². The fourth-order valence-corrected chi connectivity index (χ4v) is 2.62. The molecule has 0 spiro atoms. The van der Waals surface area contributed by atoms with E-state index in [4.69, 9.17) is 5.11 Å². The van der Waals surface area contributed by atoms with E-state index in [0.717, 1.165) is 6.54 Å². The van der Waals surface area contributed by atoms with Gasteiger partial charge in [-0.3, -0.25) is 14.7 Å². The van der Waals surface area contributed by atoms with Crippen molar-refractivity contribution in [1.82, 2.24) is 20.0 Å². The third-order valence-corrected chi connectivity index (χ3v) is 3.78. The van der Waals surface area contributed by atoms with Gasteiger partial charge >= 0.3 is 0 Å². The quantitative estimate of drug-likeness (QED) is 0.615. The monoisotopic (exact) mass is 320 g/mol. The molecule has 0 aliphatic heterocycles. The fourth-order valence-electron chi connectivity index (χ4n) is 2.62. The number of nitrogens with one attached hydrogen (secondary N) is 2. The lowest BCUT2D eigenvalue weighted by atomic mass is 10.2. The third-order valence-electron chi connectivity index (χ3n) is 3.78. The van der Waals surface area contributed by atoms with Gasteiger partial charge in [0, 0.05) is 25.7 Å². The van der Waals surface area contributed by atoms with Crippen molar-refractivity contribution in [1.29, 1.82) is 0 Å². The van der Waals surface area contributed by atoms with E-state index in [1.54, 1.807) is 24.3 Å². The number of H-pyrrole nitrogens is 1. The second-order valence-electron chi connectivity index (χ2n) is 5.78. The smallest absolute Gasteiger partial charge is 0.273 e. The number of hydrogen-bond donors (Lipinski definition) is 3. The number of likely N-dealkylation sites (N-methyl/N-ethyl adjacent to an activating group) is 1. The molecule has 1 heterocycles. The zero-order valence-corrected chi connectivity index (χ0v) is 13.6. The zero-order chi connectivity index (χ0) is 16.8. The second-order valence-corrected chi connectivity index (χ2v) is 5.78. The van der Waals surface area contributed by atoms with Crippen LogP contribution < -0.4 is 16.4 Å². The van der Waals surface area contributed by atoms with Crippen LogP contribution >= 0.6 is 0 Å². The van der Waals surface area contributed by atoms with Gasteiger partial charge < -0.3 is 15.3 Å². The van der Waals surface area contributed by atoms with Crippen molar-refractivity contribution < 1.29 is 5.11 Å². The van der Waals surface area contributed by atoms with Gasteiger partial charge in [0.05, 0.1) is 23.9 Å². The van der Waals surface area contributed by atoms with Crippen molar-refractivity contribution in [2.75, 3.05) is 33.3 Å². The van der Waals surface area contributed by atoms with Crippen molar-refractivity contribution >= 4 is 10.8 Å². The van der Waals surface area contributed by atoms with Gasteiger partial charge in [-0.25, -0.2) is 4.68 Å². The van der Waals surface area contributed by atoms with E-state index in [2.05, 4.69) is 10.4 Å². The minimum atomic E-state index is -0.254. The van der Waals surface area contributed by atoms with Crippen molar-refractivity contribution in [3.63, 3.8) is 0 Å². The number of aliphatic hydroxyl groups is 1. The molecule has 1 aromatic heterocycles. The van der Waals surface area contributed by atoms with Crippen LogP contribution in [0.1, 0.15) is 6.92 Å². The maximum atomic E-state index is 12.3. The van der Waals surface area contributed by atoms with Crippen molar-refractivity contribution in [3.8, 4) is 0 Å². The second kappa shape index (κ2) is 8.05. The summed E-state index contributed by atoms with van der Waals surface area (Å²) >= 11 is 0. The van der Waals surface area contributed by atoms with E-state index < -0.39 is 0 Å². The Kier molecular flexibility index (Phi) is 6.09. The largest absolute Gasteiger partial charge is 0.395 e. The highest BCUT2D eigenvalue weighted by Gasteiger charge is 2.08. The number of benzene rings is 1. The molecule has 126 valence electrons. The molecular formula is C16H24N4O3. The minimum absolute atomic E-state index is 0.136. The molecule has 2 aromatic rings. The minimum Gasteiger partial charge on any atom is -0.395 e. The SMILES string of the molecule is CC(CN(C)CCO)NCCn1[nH]c(=O)c2ccccc2c1=O.